The molecule has 2 aromatic rings. The van der Waals surface area contributed by atoms with Crippen LogP contribution in [0.5, 0.6) is 11.5 Å². The number of ether oxygens (including phenoxy) is 3. The van der Waals surface area contributed by atoms with Crippen molar-refractivity contribution in [1.82, 2.24) is 0 Å². The monoisotopic (exact) mass is 328 g/mol. The Morgan fingerprint density at radius 1 is 1.25 bits per heavy atom. The van der Waals surface area contributed by atoms with Gasteiger partial charge in [0, 0.05) is 17.8 Å². The lowest BCUT2D eigenvalue weighted by molar-refractivity contribution is -0.144. The van der Waals surface area contributed by atoms with E-state index >= 15 is 0 Å². The van der Waals surface area contributed by atoms with Gasteiger partial charge < -0.3 is 25.3 Å². The lowest BCUT2D eigenvalue weighted by Gasteiger charge is -2.13. The van der Waals surface area contributed by atoms with Crippen molar-refractivity contribution in [2.24, 2.45) is 0 Å². The van der Waals surface area contributed by atoms with E-state index in [0.29, 0.717) is 23.8 Å². The normalized spacial score (nSPS) is 13.4. The Kier molecular flexibility index (Phi) is 4.46. The van der Waals surface area contributed by atoms with Gasteiger partial charge in [0.2, 0.25) is 6.79 Å². The van der Waals surface area contributed by atoms with Crippen molar-refractivity contribution < 1.29 is 19.0 Å². The molecule has 0 spiro atoms. The van der Waals surface area contributed by atoms with Crippen molar-refractivity contribution in [3.63, 3.8) is 0 Å². The van der Waals surface area contributed by atoms with E-state index < -0.39 is 0 Å². The highest BCUT2D eigenvalue weighted by atomic mass is 16.7. The molecule has 1 heterocycles. The van der Waals surface area contributed by atoms with Crippen molar-refractivity contribution in [2.45, 2.75) is 19.8 Å². The molecule has 1 unspecified atom stereocenters. The molecule has 0 amide bonds. The van der Waals surface area contributed by atoms with Crippen LogP contribution in [0.2, 0.25) is 0 Å². The fourth-order valence-electron chi connectivity index (χ4n) is 2.48. The molecule has 0 aliphatic carbocycles. The highest BCUT2D eigenvalue weighted by Gasteiger charge is 2.17. The first kappa shape index (κ1) is 16.0. The number of carbonyl (C=O) groups is 1. The standard InChI is InChI=1S/C18H20N2O4/c1-3-22-18(21)11(2)12-4-6-13(7-5-12)20-15-9-17-16(8-14(15)19)23-10-24-17/h4-9,11,20H,3,10,19H2,1-2H3. The van der Waals surface area contributed by atoms with Crippen LogP contribution in [0, 0.1) is 0 Å². The van der Waals surface area contributed by atoms with Gasteiger partial charge in [0.05, 0.1) is 23.9 Å². The molecule has 3 N–H and O–H groups in total. The van der Waals surface area contributed by atoms with E-state index in [2.05, 4.69) is 5.32 Å². The molecule has 1 aliphatic rings. The molecule has 0 saturated heterocycles. The highest BCUT2D eigenvalue weighted by molar-refractivity contribution is 5.79. The van der Waals surface area contributed by atoms with Crippen LogP contribution >= 0.6 is 0 Å². The van der Waals surface area contributed by atoms with Crippen molar-refractivity contribution in [1.29, 1.82) is 0 Å². The quantitative estimate of drug-likeness (QED) is 0.646. The number of hydrogen-bond acceptors (Lipinski definition) is 6. The van der Waals surface area contributed by atoms with Crippen LogP contribution < -0.4 is 20.5 Å². The molecule has 6 nitrogen and oxygen atoms in total. The van der Waals surface area contributed by atoms with Gasteiger partial charge in [-0.1, -0.05) is 12.1 Å². The highest BCUT2D eigenvalue weighted by Crippen LogP contribution is 2.39. The molecule has 2 aromatic carbocycles. The van der Waals surface area contributed by atoms with Crippen LogP contribution in [0.15, 0.2) is 36.4 Å². The molecule has 24 heavy (non-hydrogen) atoms. The zero-order valence-corrected chi connectivity index (χ0v) is 13.7. The second kappa shape index (κ2) is 6.70. The van der Waals surface area contributed by atoms with E-state index in [1.165, 1.54) is 0 Å². The van der Waals surface area contributed by atoms with Gasteiger partial charge in [-0.3, -0.25) is 4.79 Å². The molecule has 0 saturated carbocycles. The van der Waals surface area contributed by atoms with Gasteiger partial charge in [0.25, 0.3) is 0 Å². The minimum absolute atomic E-state index is 0.207. The number of rotatable bonds is 5. The summed E-state index contributed by atoms with van der Waals surface area (Å²) in [4.78, 5) is 11.8. The SMILES string of the molecule is CCOC(=O)C(C)c1ccc(Nc2cc3c(cc2N)OCO3)cc1. The van der Waals surface area contributed by atoms with E-state index in [1.54, 1.807) is 13.0 Å². The summed E-state index contributed by atoms with van der Waals surface area (Å²) < 4.78 is 15.7. The maximum atomic E-state index is 11.8. The van der Waals surface area contributed by atoms with Crippen molar-refractivity contribution in [3.8, 4) is 11.5 Å². The van der Waals surface area contributed by atoms with Crippen LogP contribution in [-0.2, 0) is 9.53 Å². The molecule has 6 heteroatoms. The van der Waals surface area contributed by atoms with Crippen LogP contribution in [0.1, 0.15) is 25.3 Å². The van der Waals surface area contributed by atoms with E-state index in [0.717, 1.165) is 16.9 Å². The third-order valence-corrected chi connectivity index (χ3v) is 3.87. The number of fused-ring (bicyclic) bond motifs is 1. The molecule has 0 radical (unpaired) electrons. The van der Waals surface area contributed by atoms with Crippen LogP contribution in [-0.4, -0.2) is 19.4 Å². The van der Waals surface area contributed by atoms with E-state index in [4.69, 9.17) is 19.9 Å². The summed E-state index contributed by atoms with van der Waals surface area (Å²) in [5, 5.41) is 3.25. The number of esters is 1. The molecule has 0 bridgehead atoms. The van der Waals surface area contributed by atoms with Crippen molar-refractivity contribution in [2.75, 3.05) is 24.5 Å². The number of nitrogens with one attached hydrogen (secondary N) is 1. The van der Waals surface area contributed by atoms with Gasteiger partial charge in [-0.15, -0.1) is 0 Å². The number of anilines is 3. The summed E-state index contributed by atoms with van der Waals surface area (Å²) in [6.07, 6.45) is 0. The number of nitrogens with two attached hydrogens (primary N) is 1. The predicted molar refractivity (Wildman–Crippen MR) is 91.8 cm³/mol. The first-order valence-corrected chi connectivity index (χ1v) is 7.81. The first-order chi connectivity index (χ1) is 11.6. The van der Waals surface area contributed by atoms with Gasteiger partial charge in [-0.25, -0.2) is 0 Å². The van der Waals surface area contributed by atoms with Gasteiger partial charge in [0.1, 0.15) is 0 Å². The van der Waals surface area contributed by atoms with Crippen LogP contribution in [0.25, 0.3) is 0 Å². The lowest BCUT2D eigenvalue weighted by Crippen LogP contribution is -2.12. The fraction of sp³-hybridized carbons (Fsp3) is 0.278. The van der Waals surface area contributed by atoms with Crippen molar-refractivity contribution >= 4 is 23.0 Å². The number of nitrogen functional groups attached to an aromatic ring is 1. The summed E-state index contributed by atoms with van der Waals surface area (Å²) in [6.45, 7) is 4.22. The Morgan fingerprint density at radius 2 is 1.92 bits per heavy atom. The maximum Gasteiger partial charge on any atom is 0.313 e. The molecule has 0 aromatic heterocycles. The first-order valence-electron chi connectivity index (χ1n) is 7.81. The summed E-state index contributed by atoms with van der Waals surface area (Å²) in [5.41, 5.74) is 9.11. The van der Waals surface area contributed by atoms with Gasteiger partial charge >= 0.3 is 5.97 Å². The fourth-order valence-corrected chi connectivity index (χ4v) is 2.48. The number of carbonyl (C=O) groups excluding carboxylic acids is 1. The van der Waals surface area contributed by atoms with Gasteiger partial charge in [-0.05, 0) is 31.5 Å². The Balaban J connectivity index is 1.74. The molecule has 1 atom stereocenters. The van der Waals surface area contributed by atoms with Crippen LogP contribution in [0.3, 0.4) is 0 Å². The zero-order valence-electron chi connectivity index (χ0n) is 13.7. The van der Waals surface area contributed by atoms with Gasteiger partial charge in [-0.2, -0.15) is 0 Å². The average Bonchev–Trinajstić information content (AvgIpc) is 3.02. The summed E-state index contributed by atoms with van der Waals surface area (Å²) >= 11 is 0. The second-order valence-corrected chi connectivity index (χ2v) is 5.51. The molecular formula is C18H20N2O4. The third kappa shape index (κ3) is 3.22. The summed E-state index contributed by atoms with van der Waals surface area (Å²) in [6, 6.07) is 11.1. The Bertz CT molecular complexity index is 743. The molecule has 1 aliphatic heterocycles. The minimum Gasteiger partial charge on any atom is -0.466 e. The topological polar surface area (TPSA) is 82.8 Å². The second-order valence-electron chi connectivity index (χ2n) is 5.51. The Hall–Kier alpha value is -2.89. The Labute approximate surface area is 140 Å². The van der Waals surface area contributed by atoms with Gasteiger partial charge in [0.15, 0.2) is 11.5 Å². The molecule has 0 fully saturated rings. The third-order valence-electron chi connectivity index (χ3n) is 3.87. The van der Waals surface area contributed by atoms with Crippen LogP contribution in [0.4, 0.5) is 17.1 Å². The summed E-state index contributed by atoms with van der Waals surface area (Å²) in [7, 11) is 0. The molecule has 3 rings (SSSR count). The number of hydrogen-bond donors (Lipinski definition) is 2. The van der Waals surface area contributed by atoms with E-state index in [9.17, 15) is 4.79 Å². The molecular weight excluding hydrogens is 308 g/mol. The Morgan fingerprint density at radius 3 is 2.58 bits per heavy atom. The van der Waals surface area contributed by atoms with E-state index in [1.807, 2.05) is 37.3 Å². The average molecular weight is 328 g/mol. The van der Waals surface area contributed by atoms with Crippen molar-refractivity contribution in [3.05, 3.63) is 42.0 Å². The predicted octanol–water partition coefficient (Wildman–Crippen LogP) is 3.41. The minimum atomic E-state index is -0.297. The molecule has 126 valence electrons. The largest absolute Gasteiger partial charge is 0.466 e. The lowest BCUT2D eigenvalue weighted by atomic mass is 10.0. The maximum absolute atomic E-state index is 11.8. The number of benzene rings is 2. The smallest absolute Gasteiger partial charge is 0.313 e. The zero-order chi connectivity index (χ0) is 17.1. The van der Waals surface area contributed by atoms with E-state index in [-0.39, 0.29) is 18.7 Å². The summed E-state index contributed by atoms with van der Waals surface area (Å²) in [5.74, 6) is 0.795.